The van der Waals surface area contributed by atoms with Crippen LogP contribution in [0.1, 0.15) is 37.3 Å². The molecule has 4 atom stereocenters. The molecule has 206 valence electrons. The van der Waals surface area contributed by atoms with Crippen molar-refractivity contribution in [1.82, 2.24) is 15.6 Å². The average molecular weight is 534 g/mol. The van der Waals surface area contributed by atoms with Crippen molar-refractivity contribution in [1.29, 1.82) is 0 Å². The fraction of sp³-hybridized carbons (Fsp3) is 0.333. The number of hydrogen-bond donors (Lipinski definition) is 3. The van der Waals surface area contributed by atoms with Gasteiger partial charge in [0.25, 0.3) is 0 Å². The van der Waals surface area contributed by atoms with Gasteiger partial charge in [-0.05, 0) is 37.5 Å². The topological polar surface area (TPSA) is 131 Å². The number of amides is 2. The van der Waals surface area contributed by atoms with Gasteiger partial charge >= 0.3 is 5.97 Å². The fourth-order valence-electron chi connectivity index (χ4n) is 4.03. The molecule has 1 aromatic heterocycles. The molecular weight excluding hydrogens is 498 g/mol. The van der Waals surface area contributed by atoms with Crippen molar-refractivity contribution in [3.63, 3.8) is 0 Å². The number of nitrogens with one attached hydrogen (secondary N) is 2. The third-order valence-electron chi connectivity index (χ3n) is 6.15. The Morgan fingerprint density at radius 1 is 1.00 bits per heavy atom. The molecule has 0 radical (unpaired) electrons. The number of para-hydroxylation sites is 2. The SMILES string of the molecule is C=CCC(C(=O)N[C@H](C)CO)C(=O)N[C@H](COC(=O)[C@H](CC=C)Cc1nc2ccccc2o1)c1ccccc1. The molecule has 3 aromatic rings. The number of nitrogens with zero attached hydrogens (tertiary/aromatic N) is 1. The Balaban J connectivity index is 1.72. The van der Waals surface area contributed by atoms with Crippen molar-refractivity contribution in [2.75, 3.05) is 13.2 Å². The van der Waals surface area contributed by atoms with Crippen LogP contribution in [0.2, 0.25) is 0 Å². The fourth-order valence-corrected chi connectivity index (χ4v) is 4.03. The lowest BCUT2D eigenvalue weighted by molar-refractivity contribution is -0.150. The zero-order valence-corrected chi connectivity index (χ0v) is 22.0. The molecule has 0 aliphatic heterocycles. The lowest BCUT2D eigenvalue weighted by Gasteiger charge is -2.24. The van der Waals surface area contributed by atoms with Crippen LogP contribution >= 0.6 is 0 Å². The van der Waals surface area contributed by atoms with Crippen LogP contribution in [0.25, 0.3) is 11.1 Å². The number of aliphatic hydroxyl groups is 1. The van der Waals surface area contributed by atoms with Crippen LogP contribution in [0.15, 0.2) is 84.3 Å². The van der Waals surface area contributed by atoms with E-state index in [-0.39, 0.29) is 26.1 Å². The van der Waals surface area contributed by atoms with Gasteiger partial charge in [-0.25, -0.2) is 4.98 Å². The molecule has 39 heavy (non-hydrogen) atoms. The Kier molecular flexibility index (Phi) is 11.0. The summed E-state index contributed by atoms with van der Waals surface area (Å²) in [6, 6.07) is 15.2. The summed E-state index contributed by atoms with van der Waals surface area (Å²) in [5.74, 6) is -2.78. The largest absolute Gasteiger partial charge is 0.463 e. The monoisotopic (exact) mass is 533 g/mol. The van der Waals surface area contributed by atoms with E-state index in [9.17, 15) is 19.5 Å². The molecule has 3 N–H and O–H groups in total. The zero-order valence-electron chi connectivity index (χ0n) is 22.0. The van der Waals surface area contributed by atoms with Crippen LogP contribution in [0.4, 0.5) is 0 Å². The van der Waals surface area contributed by atoms with Gasteiger partial charge in [0, 0.05) is 12.5 Å². The summed E-state index contributed by atoms with van der Waals surface area (Å²) in [6.07, 6.45) is 3.80. The molecule has 1 heterocycles. The summed E-state index contributed by atoms with van der Waals surface area (Å²) >= 11 is 0. The van der Waals surface area contributed by atoms with E-state index < -0.39 is 41.7 Å². The van der Waals surface area contributed by atoms with Crippen molar-refractivity contribution in [2.45, 2.75) is 38.3 Å². The third-order valence-corrected chi connectivity index (χ3v) is 6.15. The normalized spacial score (nSPS) is 14.0. The van der Waals surface area contributed by atoms with Gasteiger partial charge < -0.3 is 24.9 Å². The first kappa shape index (κ1) is 29.3. The summed E-state index contributed by atoms with van der Waals surface area (Å²) in [5, 5.41) is 14.7. The number of esters is 1. The highest BCUT2D eigenvalue weighted by Crippen LogP contribution is 2.21. The number of carbonyl (C=O) groups is 3. The molecular formula is C30H35N3O6. The van der Waals surface area contributed by atoms with Crippen LogP contribution in [0.3, 0.4) is 0 Å². The van der Waals surface area contributed by atoms with E-state index in [2.05, 4.69) is 28.8 Å². The first-order chi connectivity index (χ1) is 18.9. The third kappa shape index (κ3) is 8.38. The van der Waals surface area contributed by atoms with Crippen LogP contribution in [-0.4, -0.2) is 47.1 Å². The number of allylic oxidation sites excluding steroid dienone is 2. The lowest BCUT2D eigenvalue weighted by Crippen LogP contribution is -2.46. The second kappa shape index (κ2) is 14.6. The van der Waals surface area contributed by atoms with Gasteiger partial charge in [0.1, 0.15) is 18.0 Å². The molecule has 0 aliphatic carbocycles. The van der Waals surface area contributed by atoms with Crippen molar-refractivity contribution >= 4 is 28.9 Å². The predicted molar refractivity (Wildman–Crippen MR) is 147 cm³/mol. The van der Waals surface area contributed by atoms with E-state index in [1.165, 1.54) is 6.08 Å². The maximum Gasteiger partial charge on any atom is 0.309 e. The predicted octanol–water partition coefficient (Wildman–Crippen LogP) is 3.65. The molecule has 9 nitrogen and oxygen atoms in total. The Labute approximate surface area is 228 Å². The summed E-state index contributed by atoms with van der Waals surface area (Å²) in [6.45, 7) is 8.63. The smallest absolute Gasteiger partial charge is 0.309 e. The minimum absolute atomic E-state index is 0.100. The Hall–Kier alpha value is -4.24. The van der Waals surface area contributed by atoms with Crippen LogP contribution in [0.5, 0.6) is 0 Å². The van der Waals surface area contributed by atoms with Gasteiger partial charge in [-0.2, -0.15) is 0 Å². The van der Waals surface area contributed by atoms with Gasteiger partial charge in [-0.3, -0.25) is 14.4 Å². The van der Waals surface area contributed by atoms with E-state index in [1.807, 2.05) is 30.3 Å². The quantitative estimate of drug-likeness (QED) is 0.154. The average Bonchev–Trinajstić information content (AvgIpc) is 3.36. The van der Waals surface area contributed by atoms with Gasteiger partial charge in [0.2, 0.25) is 11.8 Å². The molecule has 9 heteroatoms. The second-order valence-electron chi connectivity index (χ2n) is 9.27. The molecule has 1 unspecified atom stereocenters. The summed E-state index contributed by atoms with van der Waals surface area (Å²) in [5.41, 5.74) is 2.05. The van der Waals surface area contributed by atoms with E-state index in [0.717, 1.165) is 0 Å². The van der Waals surface area contributed by atoms with E-state index >= 15 is 0 Å². The summed E-state index contributed by atoms with van der Waals surface area (Å²) in [4.78, 5) is 43.4. The molecule has 2 amide bonds. The maximum absolute atomic E-state index is 13.2. The Bertz CT molecular complexity index is 1240. The van der Waals surface area contributed by atoms with Crippen molar-refractivity contribution < 1.29 is 28.6 Å². The molecule has 0 saturated heterocycles. The Morgan fingerprint density at radius 2 is 1.67 bits per heavy atom. The molecule has 3 rings (SSSR count). The molecule has 0 spiro atoms. The van der Waals surface area contributed by atoms with Gasteiger partial charge in [-0.1, -0.05) is 54.6 Å². The molecule has 0 aliphatic rings. The number of rotatable bonds is 15. The second-order valence-corrected chi connectivity index (χ2v) is 9.27. The standard InChI is InChI=1S/C30H35N3O6/c1-4-11-22(17-27-32-24-15-9-10-16-26(24)39-27)30(37)38-19-25(21-13-7-6-8-14-21)33-29(36)23(12-5-2)28(35)31-20(3)18-34/h4-10,13-16,20,22-23,25,34H,1-2,11-12,17-19H2,3H3,(H,31,35)(H,33,36)/t20-,22-,23?,25-/m1/s1. The van der Waals surface area contributed by atoms with Gasteiger partial charge in [-0.15, -0.1) is 13.2 Å². The van der Waals surface area contributed by atoms with Crippen LogP contribution in [-0.2, 0) is 25.5 Å². The minimum Gasteiger partial charge on any atom is -0.463 e. The number of carbonyl (C=O) groups excluding carboxylic acids is 3. The highest BCUT2D eigenvalue weighted by atomic mass is 16.5. The van der Waals surface area contributed by atoms with Crippen molar-refractivity contribution in [3.05, 3.63) is 91.4 Å². The van der Waals surface area contributed by atoms with Crippen molar-refractivity contribution in [3.8, 4) is 0 Å². The van der Waals surface area contributed by atoms with Crippen molar-refractivity contribution in [2.24, 2.45) is 11.8 Å². The number of aromatic nitrogens is 1. The molecule has 0 bridgehead atoms. The summed E-state index contributed by atoms with van der Waals surface area (Å²) < 4.78 is 11.5. The number of aliphatic hydroxyl groups excluding tert-OH is 1. The molecule has 2 aromatic carbocycles. The number of hydrogen-bond acceptors (Lipinski definition) is 7. The van der Waals surface area contributed by atoms with E-state index in [4.69, 9.17) is 9.15 Å². The minimum atomic E-state index is -1.06. The van der Waals surface area contributed by atoms with Gasteiger partial charge in [0.15, 0.2) is 11.5 Å². The number of fused-ring (bicyclic) bond motifs is 1. The van der Waals surface area contributed by atoms with Gasteiger partial charge in [0.05, 0.1) is 18.6 Å². The Morgan fingerprint density at radius 3 is 2.33 bits per heavy atom. The zero-order chi connectivity index (χ0) is 28.2. The summed E-state index contributed by atoms with van der Waals surface area (Å²) in [7, 11) is 0. The highest BCUT2D eigenvalue weighted by Gasteiger charge is 2.30. The first-order valence-corrected chi connectivity index (χ1v) is 12.9. The van der Waals surface area contributed by atoms with Crippen LogP contribution < -0.4 is 10.6 Å². The molecule has 0 saturated carbocycles. The van der Waals surface area contributed by atoms with E-state index in [1.54, 1.807) is 37.3 Å². The van der Waals surface area contributed by atoms with E-state index in [0.29, 0.717) is 29.0 Å². The number of oxazole rings is 1. The van der Waals surface area contributed by atoms with Crippen LogP contribution in [0, 0.1) is 11.8 Å². The lowest BCUT2D eigenvalue weighted by atomic mass is 10.0. The number of benzene rings is 2. The molecule has 0 fully saturated rings. The maximum atomic E-state index is 13.2. The first-order valence-electron chi connectivity index (χ1n) is 12.9. The number of ether oxygens (including phenoxy) is 1. The highest BCUT2D eigenvalue weighted by molar-refractivity contribution is 6.00.